The second-order valence-electron chi connectivity index (χ2n) is 16.0. The molecule has 0 amide bonds. The van der Waals surface area contributed by atoms with Gasteiger partial charge < -0.3 is 13.9 Å². The fourth-order valence-electron chi connectivity index (χ4n) is 9.49. The highest BCUT2D eigenvalue weighted by atomic mass is 16.3. The molecule has 0 unspecified atom stereocenters. The molecule has 3 heteroatoms. The van der Waals surface area contributed by atoms with Gasteiger partial charge in [-0.05, 0) is 117 Å². The Morgan fingerprint density at radius 3 is 2.05 bits per heavy atom. The third-order valence-electron chi connectivity index (χ3n) is 12.2. The van der Waals surface area contributed by atoms with Crippen molar-refractivity contribution >= 4 is 60.8 Å². The normalized spacial score (nSPS) is 14.6. The molecule has 11 aromatic rings. The fourth-order valence-corrected chi connectivity index (χ4v) is 9.49. The average molecular weight is 776 g/mol. The van der Waals surface area contributed by atoms with Gasteiger partial charge in [0.25, 0.3) is 0 Å². The molecule has 12 rings (SSSR count). The lowest BCUT2D eigenvalue weighted by Crippen LogP contribution is -2.20. The quantitative estimate of drug-likeness (QED) is 0.168. The van der Waals surface area contributed by atoms with Crippen LogP contribution in [0.4, 0.5) is 17.1 Å². The first-order valence-corrected chi connectivity index (χ1v) is 20.2. The number of fused-ring (bicyclic) bond motifs is 9. The molecule has 3 nitrogen and oxygen atoms in total. The Morgan fingerprint density at radius 1 is 0.517 bits per heavy atom. The maximum Gasteiger partial charge on any atom is 0.137 e. The first kappa shape index (κ1) is 27.9. The van der Waals surface area contributed by atoms with E-state index in [1.165, 1.54) is 22.3 Å². The third-order valence-corrected chi connectivity index (χ3v) is 12.2. The van der Waals surface area contributed by atoms with Crippen molar-refractivity contribution in [1.82, 2.24) is 4.57 Å². The van der Waals surface area contributed by atoms with E-state index in [2.05, 4.69) is 104 Å². The molecular weight excluding hydrogens is 729 g/mol. The molecule has 0 saturated heterocycles. The molecule has 60 heavy (non-hydrogen) atoms. The van der Waals surface area contributed by atoms with Crippen LogP contribution in [0.5, 0.6) is 0 Å². The maximum absolute atomic E-state index is 9.87. The predicted octanol–water partition coefficient (Wildman–Crippen LogP) is 15.8. The van der Waals surface area contributed by atoms with Crippen LogP contribution >= 0.6 is 0 Å². The van der Waals surface area contributed by atoms with E-state index in [4.69, 9.17) is 9.90 Å². The van der Waals surface area contributed by atoms with Gasteiger partial charge in [0.05, 0.1) is 37.4 Å². The van der Waals surface area contributed by atoms with Crippen LogP contribution in [0, 0.1) is 0 Å². The molecule has 284 valence electrons. The Morgan fingerprint density at radius 2 is 1.20 bits per heavy atom. The number of hydrogen-bond donors (Lipinski definition) is 0. The lowest BCUT2D eigenvalue weighted by Gasteiger charge is -2.32. The number of rotatable bonds is 6. The standard InChI is InChI=1S/C57H40N2O/c1-57(2)48-22-11-9-19-43(48)45-21-13-25-52(56(45)57)59(42-31-27-38(28-32-42)37-15-5-3-6-16-37)51-24-14-26-54-55(51)47-36-40(30-34-53(47)60-54)39-29-33-50-46(35-39)44-20-10-12-23-49(44)58(50)41-17-7-4-8-18-41/h3-36H,1-2H3/i10D,12D,20D,23D,29D,33D,35D. The van der Waals surface area contributed by atoms with Crippen molar-refractivity contribution in [2.75, 3.05) is 4.90 Å². The van der Waals surface area contributed by atoms with E-state index in [0.717, 1.165) is 39.0 Å². The molecule has 0 spiro atoms. The second kappa shape index (κ2) is 13.2. The highest BCUT2D eigenvalue weighted by Gasteiger charge is 2.39. The topological polar surface area (TPSA) is 21.3 Å². The summed E-state index contributed by atoms with van der Waals surface area (Å²) in [7, 11) is 0. The smallest absolute Gasteiger partial charge is 0.137 e. The zero-order valence-corrected chi connectivity index (χ0v) is 32.9. The van der Waals surface area contributed by atoms with E-state index >= 15 is 0 Å². The Balaban J connectivity index is 1.12. The predicted molar refractivity (Wildman–Crippen MR) is 251 cm³/mol. The summed E-state index contributed by atoms with van der Waals surface area (Å²) >= 11 is 0. The molecular formula is C57H40N2O. The molecule has 2 aromatic heterocycles. The van der Waals surface area contributed by atoms with E-state index in [0.29, 0.717) is 22.4 Å². The van der Waals surface area contributed by atoms with Gasteiger partial charge in [-0.15, -0.1) is 0 Å². The van der Waals surface area contributed by atoms with Crippen LogP contribution in [0.3, 0.4) is 0 Å². The van der Waals surface area contributed by atoms with Crippen LogP contribution in [0.1, 0.15) is 34.6 Å². The van der Waals surface area contributed by atoms with E-state index in [-0.39, 0.29) is 63.0 Å². The number of furan rings is 1. The Kier molecular flexibility index (Phi) is 6.14. The summed E-state index contributed by atoms with van der Waals surface area (Å²) in [5, 5.41) is 1.91. The number of para-hydroxylation sites is 2. The SMILES string of the molecule is [2H]c1c([2H])c([2H])c2c(c1[2H])c1c([2H])c(-c3ccc4oc5cccc(N(c6ccc(-c7ccccc7)cc6)c6cccc7c6C(C)(C)c6ccccc6-7)c5c4c3)c([2H])c([2H])c1n2-c1ccccc1. The Bertz CT molecular complexity index is 3860. The molecule has 0 N–H and O–H groups in total. The summed E-state index contributed by atoms with van der Waals surface area (Å²) in [4.78, 5) is 2.32. The molecule has 0 saturated carbocycles. The van der Waals surface area contributed by atoms with E-state index in [1.807, 2.05) is 60.7 Å². The van der Waals surface area contributed by atoms with Crippen LogP contribution in [0.2, 0.25) is 0 Å². The Labute approximate surface area is 358 Å². The van der Waals surface area contributed by atoms with Crippen LogP contribution in [0.25, 0.3) is 82.8 Å². The van der Waals surface area contributed by atoms with Gasteiger partial charge in [0.2, 0.25) is 0 Å². The van der Waals surface area contributed by atoms with Gasteiger partial charge in [0.15, 0.2) is 0 Å². The molecule has 2 heterocycles. The lowest BCUT2D eigenvalue weighted by atomic mass is 9.81. The number of nitrogens with zero attached hydrogens (tertiary/aromatic N) is 2. The van der Waals surface area contributed by atoms with Gasteiger partial charge >= 0.3 is 0 Å². The van der Waals surface area contributed by atoms with Gasteiger partial charge in [-0.1, -0.05) is 147 Å². The monoisotopic (exact) mass is 775 g/mol. The average Bonchev–Trinajstić information content (AvgIpc) is 4.00. The van der Waals surface area contributed by atoms with Crippen LogP contribution in [0.15, 0.2) is 211 Å². The molecule has 0 aliphatic heterocycles. The number of anilines is 3. The molecule has 0 fully saturated rings. The van der Waals surface area contributed by atoms with Gasteiger partial charge in [0.1, 0.15) is 11.2 Å². The summed E-state index contributed by atoms with van der Waals surface area (Å²) in [6.45, 7) is 4.57. The van der Waals surface area contributed by atoms with Crippen molar-refractivity contribution < 1.29 is 14.0 Å². The summed E-state index contributed by atoms with van der Waals surface area (Å²) in [6, 6.07) is 52.9. The van der Waals surface area contributed by atoms with E-state index in [1.54, 1.807) is 22.8 Å². The van der Waals surface area contributed by atoms with Gasteiger partial charge in [-0.25, -0.2) is 0 Å². The van der Waals surface area contributed by atoms with E-state index in [9.17, 15) is 4.11 Å². The molecule has 0 radical (unpaired) electrons. The second-order valence-corrected chi connectivity index (χ2v) is 16.0. The van der Waals surface area contributed by atoms with Crippen LogP contribution < -0.4 is 4.90 Å². The van der Waals surface area contributed by atoms with Crippen molar-refractivity contribution in [1.29, 1.82) is 0 Å². The van der Waals surface area contributed by atoms with Crippen molar-refractivity contribution in [2.24, 2.45) is 0 Å². The Hall–Kier alpha value is -7.62. The summed E-state index contributed by atoms with van der Waals surface area (Å²) in [6.07, 6.45) is 0. The fraction of sp³-hybridized carbons (Fsp3) is 0.0526. The lowest BCUT2D eigenvalue weighted by molar-refractivity contribution is 0.661. The third kappa shape index (κ3) is 5.15. The van der Waals surface area contributed by atoms with Crippen LogP contribution in [-0.4, -0.2) is 4.57 Å². The van der Waals surface area contributed by atoms with E-state index < -0.39 is 12.1 Å². The number of hydrogen-bond acceptors (Lipinski definition) is 2. The molecule has 0 atom stereocenters. The van der Waals surface area contributed by atoms with Gasteiger partial charge in [0, 0.05) is 32.9 Å². The minimum absolute atomic E-state index is 0.102. The largest absolute Gasteiger partial charge is 0.456 e. The molecule has 1 aliphatic carbocycles. The molecule has 0 bridgehead atoms. The first-order chi connectivity index (χ1) is 32.5. The summed E-state index contributed by atoms with van der Waals surface area (Å²) in [5.74, 6) is 0. The summed E-state index contributed by atoms with van der Waals surface area (Å²) < 4.78 is 72.7. The van der Waals surface area contributed by atoms with Gasteiger partial charge in [-0.2, -0.15) is 0 Å². The van der Waals surface area contributed by atoms with Gasteiger partial charge in [-0.3, -0.25) is 0 Å². The molecule has 1 aliphatic rings. The van der Waals surface area contributed by atoms with Crippen LogP contribution in [-0.2, 0) is 5.41 Å². The minimum atomic E-state index is -0.429. The number of aromatic nitrogens is 1. The van der Waals surface area contributed by atoms with Crippen molar-refractivity contribution in [3.05, 3.63) is 217 Å². The zero-order valence-electron chi connectivity index (χ0n) is 39.9. The first-order valence-electron chi connectivity index (χ1n) is 23.7. The molecule has 9 aromatic carbocycles. The maximum atomic E-state index is 9.87. The highest BCUT2D eigenvalue weighted by Crippen LogP contribution is 2.55. The van der Waals surface area contributed by atoms with Crippen molar-refractivity contribution in [2.45, 2.75) is 19.3 Å². The summed E-state index contributed by atoms with van der Waals surface area (Å²) in [5.41, 5.74) is 12.4. The van der Waals surface area contributed by atoms with Crippen molar-refractivity contribution in [3.8, 4) is 39.1 Å². The number of benzene rings is 9. The minimum Gasteiger partial charge on any atom is -0.456 e. The highest BCUT2D eigenvalue weighted by molar-refractivity contribution is 6.15. The van der Waals surface area contributed by atoms with Crippen molar-refractivity contribution in [3.63, 3.8) is 0 Å². The zero-order chi connectivity index (χ0) is 46.0.